The first-order valence-corrected chi connectivity index (χ1v) is 7.10. The van der Waals surface area contributed by atoms with E-state index in [0.717, 1.165) is 13.1 Å². The highest BCUT2D eigenvalue weighted by atomic mass is 16.6. The molecule has 6 nitrogen and oxygen atoms in total. The van der Waals surface area contributed by atoms with Gasteiger partial charge in [-0.3, -0.25) is 0 Å². The average Bonchev–Trinajstić information content (AvgIpc) is 2.47. The van der Waals surface area contributed by atoms with Crippen LogP contribution in [0.15, 0.2) is 18.2 Å². The molecular formula is C15H22N2O4. The van der Waals surface area contributed by atoms with Gasteiger partial charge in [0.2, 0.25) is 0 Å². The quantitative estimate of drug-likeness (QED) is 0.649. The molecule has 1 aliphatic rings. The fourth-order valence-corrected chi connectivity index (χ4v) is 2.24. The summed E-state index contributed by atoms with van der Waals surface area (Å²) >= 11 is 0. The Balaban J connectivity index is 1.98. The molecule has 1 atom stereocenters. The number of carbonyl (C=O) groups excluding carboxylic acids is 1. The van der Waals surface area contributed by atoms with Crippen LogP contribution in [0.3, 0.4) is 0 Å². The Morgan fingerprint density at radius 2 is 2.33 bits per heavy atom. The molecule has 116 valence electrons. The zero-order valence-corrected chi connectivity index (χ0v) is 12.5. The second-order valence-corrected chi connectivity index (χ2v) is 5.01. The van der Waals surface area contributed by atoms with Gasteiger partial charge in [0, 0.05) is 13.1 Å². The van der Waals surface area contributed by atoms with Gasteiger partial charge in [-0.2, -0.15) is 0 Å². The number of carbonyl (C=O) groups is 1. The van der Waals surface area contributed by atoms with Crippen LogP contribution < -0.4 is 10.5 Å². The standard InChI is InChI=1S/C15H22N2O4/c1-3-19-14-12(5-4-6-13(14)16)15(18)21-10-11-9-17(2)7-8-20-11/h4-6,11H,3,7-10,16H2,1-2H3. The number of esters is 1. The van der Waals surface area contributed by atoms with E-state index < -0.39 is 5.97 Å². The third-order valence-corrected chi connectivity index (χ3v) is 3.30. The molecule has 2 rings (SSSR count). The fourth-order valence-electron chi connectivity index (χ4n) is 2.24. The molecule has 1 aromatic rings. The smallest absolute Gasteiger partial charge is 0.342 e. The number of hydrogen-bond donors (Lipinski definition) is 1. The normalized spacial score (nSPS) is 19.2. The van der Waals surface area contributed by atoms with Gasteiger partial charge in [0.25, 0.3) is 0 Å². The summed E-state index contributed by atoms with van der Waals surface area (Å²) in [4.78, 5) is 14.3. The van der Waals surface area contributed by atoms with Crippen molar-refractivity contribution in [3.8, 4) is 5.75 Å². The Hall–Kier alpha value is -1.79. The van der Waals surface area contributed by atoms with Crippen molar-refractivity contribution < 1.29 is 19.0 Å². The second kappa shape index (κ2) is 7.28. The fraction of sp³-hybridized carbons (Fsp3) is 0.533. The maximum atomic E-state index is 12.2. The van der Waals surface area contributed by atoms with Crippen LogP contribution in [0.25, 0.3) is 0 Å². The number of nitrogen functional groups attached to an aromatic ring is 1. The summed E-state index contributed by atoms with van der Waals surface area (Å²) < 4.78 is 16.3. The SMILES string of the molecule is CCOc1c(N)cccc1C(=O)OCC1CN(C)CCO1. The van der Waals surface area contributed by atoms with Crippen LogP contribution >= 0.6 is 0 Å². The number of morpholine rings is 1. The number of anilines is 1. The van der Waals surface area contributed by atoms with E-state index in [1.54, 1.807) is 18.2 Å². The molecule has 1 unspecified atom stereocenters. The van der Waals surface area contributed by atoms with Crippen LogP contribution in [0.1, 0.15) is 17.3 Å². The zero-order chi connectivity index (χ0) is 15.2. The van der Waals surface area contributed by atoms with E-state index in [2.05, 4.69) is 4.90 Å². The van der Waals surface area contributed by atoms with E-state index in [1.165, 1.54) is 0 Å². The van der Waals surface area contributed by atoms with E-state index in [-0.39, 0.29) is 12.7 Å². The molecule has 0 amide bonds. The van der Waals surface area contributed by atoms with Crippen molar-refractivity contribution in [1.29, 1.82) is 0 Å². The lowest BCUT2D eigenvalue weighted by Gasteiger charge is -2.29. The molecule has 21 heavy (non-hydrogen) atoms. The summed E-state index contributed by atoms with van der Waals surface area (Å²) in [6.45, 7) is 4.81. The van der Waals surface area contributed by atoms with Crippen molar-refractivity contribution in [3.05, 3.63) is 23.8 Å². The van der Waals surface area contributed by atoms with Gasteiger partial charge in [-0.15, -0.1) is 0 Å². The Morgan fingerprint density at radius 1 is 1.52 bits per heavy atom. The lowest BCUT2D eigenvalue weighted by atomic mass is 10.1. The number of benzene rings is 1. The third kappa shape index (κ3) is 4.09. The van der Waals surface area contributed by atoms with Crippen molar-refractivity contribution in [2.45, 2.75) is 13.0 Å². The average molecular weight is 294 g/mol. The van der Waals surface area contributed by atoms with E-state index in [0.29, 0.717) is 30.2 Å². The monoisotopic (exact) mass is 294 g/mol. The maximum absolute atomic E-state index is 12.2. The van der Waals surface area contributed by atoms with Crippen LogP contribution in [0.4, 0.5) is 5.69 Å². The molecule has 2 N–H and O–H groups in total. The number of likely N-dealkylation sites (N-methyl/N-ethyl adjacent to an activating group) is 1. The van der Waals surface area contributed by atoms with Crippen LogP contribution in [0, 0.1) is 0 Å². The highest BCUT2D eigenvalue weighted by Gasteiger charge is 2.21. The highest BCUT2D eigenvalue weighted by molar-refractivity contribution is 5.94. The number of nitrogens with two attached hydrogens (primary N) is 1. The van der Waals surface area contributed by atoms with Gasteiger partial charge in [0.05, 0.1) is 18.9 Å². The van der Waals surface area contributed by atoms with Crippen LogP contribution in [-0.4, -0.2) is 56.9 Å². The minimum atomic E-state index is -0.442. The van der Waals surface area contributed by atoms with Crippen LogP contribution in [0.5, 0.6) is 5.75 Å². The lowest BCUT2D eigenvalue weighted by molar-refractivity contribution is -0.0529. The first-order chi connectivity index (χ1) is 10.1. The van der Waals surface area contributed by atoms with E-state index in [9.17, 15) is 4.79 Å². The van der Waals surface area contributed by atoms with Crippen LogP contribution in [0.2, 0.25) is 0 Å². The Morgan fingerprint density at radius 3 is 3.05 bits per heavy atom. The van der Waals surface area contributed by atoms with Crippen molar-refractivity contribution in [1.82, 2.24) is 4.90 Å². The first-order valence-electron chi connectivity index (χ1n) is 7.10. The van der Waals surface area contributed by atoms with Gasteiger partial charge >= 0.3 is 5.97 Å². The van der Waals surface area contributed by atoms with E-state index in [4.69, 9.17) is 19.9 Å². The zero-order valence-electron chi connectivity index (χ0n) is 12.5. The molecule has 0 saturated carbocycles. The minimum absolute atomic E-state index is 0.0932. The summed E-state index contributed by atoms with van der Waals surface area (Å²) in [5.74, 6) is -0.0609. The summed E-state index contributed by atoms with van der Waals surface area (Å²) in [6, 6.07) is 5.05. The number of nitrogens with zero attached hydrogens (tertiary/aromatic N) is 1. The molecule has 1 fully saturated rings. The lowest BCUT2D eigenvalue weighted by Crippen LogP contribution is -2.42. The van der Waals surface area contributed by atoms with Gasteiger partial charge in [0.1, 0.15) is 18.3 Å². The molecule has 1 aromatic carbocycles. The summed E-state index contributed by atoms with van der Waals surface area (Å²) in [5.41, 5.74) is 6.62. The van der Waals surface area contributed by atoms with Crippen LogP contribution in [-0.2, 0) is 9.47 Å². The maximum Gasteiger partial charge on any atom is 0.342 e. The molecule has 1 saturated heterocycles. The predicted octanol–water partition coefficient (Wildman–Crippen LogP) is 1.15. The van der Waals surface area contributed by atoms with Gasteiger partial charge in [-0.1, -0.05) is 6.07 Å². The number of ether oxygens (including phenoxy) is 3. The van der Waals surface area contributed by atoms with Crippen molar-refractivity contribution >= 4 is 11.7 Å². The summed E-state index contributed by atoms with van der Waals surface area (Å²) in [6.07, 6.45) is -0.0932. The Labute approximate surface area is 124 Å². The Bertz CT molecular complexity index is 493. The molecule has 0 aliphatic carbocycles. The number of para-hydroxylation sites is 1. The molecule has 0 radical (unpaired) electrons. The Kier molecular flexibility index (Phi) is 5.41. The topological polar surface area (TPSA) is 74.0 Å². The summed E-state index contributed by atoms with van der Waals surface area (Å²) in [5, 5.41) is 0. The molecule has 1 heterocycles. The van der Waals surface area contributed by atoms with Crippen molar-refractivity contribution in [3.63, 3.8) is 0 Å². The highest BCUT2D eigenvalue weighted by Crippen LogP contribution is 2.27. The van der Waals surface area contributed by atoms with Gasteiger partial charge in [-0.25, -0.2) is 4.79 Å². The molecule has 0 aromatic heterocycles. The number of hydrogen-bond acceptors (Lipinski definition) is 6. The molecule has 1 aliphatic heterocycles. The predicted molar refractivity (Wildman–Crippen MR) is 79.5 cm³/mol. The molecular weight excluding hydrogens is 272 g/mol. The number of rotatable bonds is 5. The third-order valence-electron chi connectivity index (χ3n) is 3.30. The molecule has 0 spiro atoms. The van der Waals surface area contributed by atoms with Crippen molar-refractivity contribution in [2.24, 2.45) is 0 Å². The van der Waals surface area contributed by atoms with Crippen molar-refractivity contribution in [2.75, 3.05) is 45.7 Å². The van der Waals surface area contributed by atoms with E-state index in [1.807, 2.05) is 14.0 Å². The van der Waals surface area contributed by atoms with Gasteiger partial charge in [-0.05, 0) is 26.1 Å². The first kappa shape index (κ1) is 15.6. The van der Waals surface area contributed by atoms with Gasteiger partial charge in [0.15, 0.2) is 5.75 Å². The summed E-state index contributed by atoms with van der Waals surface area (Å²) in [7, 11) is 2.02. The largest absolute Gasteiger partial charge is 0.491 e. The molecule has 0 bridgehead atoms. The second-order valence-electron chi connectivity index (χ2n) is 5.01. The van der Waals surface area contributed by atoms with E-state index >= 15 is 0 Å². The molecule has 6 heteroatoms. The minimum Gasteiger partial charge on any atom is -0.491 e. The van der Waals surface area contributed by atoms with Gasteiger partial charge < -0.3 is 24.8 Å².